The van der Waals surface area contributed by atoms with Gasteiger partial charge in [0.05, 0.1) is 37.4 Å². The van der Waals surface area contributed by atoms with E-state index >= 15 is 0 Å². The molecule has 2 aliphatic carbocycles. The second-order valence-electron chi connectivity index (χ2n) is 12.1. The van der Waals surface area contributed by atoms with Crippen molar-refractivity contribution in [2.75, 3.05) is 20.7 Å². The first-order chi connectivity index (χ1) is 22.8. The molecule has 48 heavy (non-hydrogen) atoms. The Labute approximate surface area is 275 Å². The first-order valence-electron chi connectivity index (χ1n) is 15.4. The number of nitrogens with zero attached hydrogens (tertiary/aromatic N) is 1. The molecule has 2 aliphatic heterocycles. The number of likely N-dealkylation sites (tertiary alicyclic amines) is 1. The van der Waals surface area contributed by atoms with E-state index in [2.05, 4.69) is 15.7 Å². The molecular weight excluding hydrogens is 630 g/mol. The quantitative estimate of drug-likeness (QED) is 0.247. The highest BCUT2D eigenvalue weighted by Gasteiger charge is 2.72. The normalized spacial score (nSPS) is 25.0. The van der Waals surface area contributed by atoms with E-state index in [0.717, 1.165) is 24.6 Å². The molecule has 0 amide bonds. The zero-order valence-electron chi connectivity index (χ0n) is 26.7. The van der Waals surface area contributed by atoms with Gasteiger partial charge in [-0.05, 0) is 56.3 Å². The van der Waals surface area contributed by atoms with E-state index in [4.69, 9.17) is 29.2 Å². The van der Waals surface area contributed by atoms with Crippen LogP contribution in [0.4, 0.5) is 0 Å². The molecule has 2 aromatic carbocycles. The van der Waals surface area contributed by atoms with Crippen LogP contribution < -0.4 is 14.2 Å². The summed E-state index contributed by atoms with van der Waals surface area (Å²) in [7, 11) is 3.64. The molecule has 2 bridgehead atoms. The lowest BCUT2D eigenvalue weighted by atomic mass is 9.50. The first kappa shape index (κ1) is 34.4. The number of aliphatic carboxylic acids is 2. The van der Waals surface area contributed by atoms with Gasteiger partial charge in [0, 0.05) is 24.9 Å². The van der Waals surface area contributed by atoms with Gasteiger partial charge in [-0.25, -0.2) is 4.79 Å². The molecule has 0 radical (unpaired) electrons. The molecule has 1 spiro atoms. The molecule has 1 unspecified atom stereocenters. The lowest BCUT2D eigenvalue weighted by molar-refractivity contribution is -0.169. The number of carboxylic acids is 2. The van der Waals surface area contributed by atoms with Gasteiger partial charge in [-0.15, -0.1) is 0 Å². The second kappa shape index (κ2) is 13.6. The molecule has 5 atom stereocenters. The van der Waals surface area contributed by atoms with E-state index in [9.17, 15) is 29.1 Å². The number of hydrogen-bond acceptors (Lipinski definition) is 12. The van der Waals surface area contributed by atoms with Crippen molar-refractivity contribution in [1.82, 2.24) is 4.90 Å². The fourth-order valence-corrected chi connectivity index (χ4v) is 7.18. The van der Waals surface area contributed by atoms with Crippen LogP contribution >= 0.6 is 0 Å². The Hall–Kier alpha value is -4.95. The maximum atomic E-state index is 12.8. The molecule has 2 heterocycles. The molecule has 14 heteroatoms. The highest BCUT2D eigenvalue weighted by atomic mass is 16.6. The van der Waals surface area contributed by atoms with Crippen LogP contribution in [0.25, 0.3) is 0 Å². The summed E-state index contributed by atoms with van der Waals surface area (Å²) in [6.45, 7) is 1.80. The lowest BCUT2D eigenvalue weighted by Crippen LogP contribution is -2.74. The molecule has 6 rings (SSSR count). The Morgan fingerprint density at radius 2 is 1.71 bits per heavy atom. The fraction of sp³-hybridized carbons (Fsp3) is 0.441. The average molecular weight is 668 g/mol. The number of carbonyl (C=O) groups is 5. The number of carbonyl (C=O) groups excluding carboxylic acids is 3. The van der Waals surface area contributed by atoms with E-state index in [1.54, 1.807) is 37.5 Å². The summed E-state index contributed by atoms with van der Waals surface area (Å²) in [4.78, 5) is 57.7. The molecule has 3 N–H and O–H groups in total. The Kier molecular flexibility index (Phi) is 9.78. The summed E-state index contributed by atoms with van der Waals surface area (Å²) in [5.41, 5.74) is 0.306. The van der Waals surface area contributed by atoms with E-state index < -0.39 is 59.5 Å². The minimum Gasteiger partial charge on any atom is -0.493 e. The maximum Gasteiger partial charge on any atom is 0.345 e. The minimum atomic E-state index is -1.60. The van der Waals surface area contributed by atoms with Crippen molar-refractivity contribution in [3.63, 3.8) is 0 Å². The molecule has 256 valence electrons. The van der Waals surface area contributed by atoms with Crippen molar-refractivity contribution in [2.45, 2.75) is 74.7 Å². The largest absolute Gasteiger partial charge is 0.493 e. The standard InChI is InChI=1S/C28H29NO7.C6H8O6/c1-29-15-14-27-24-17-8-9-19(33-2)25(24)36-26(27)20(12-13-28(27,32)21(29)16-17)35-23(31)11-10-22(30)34-18-6-4-3-5-7-18;1-3(7)12-4(6(10)11)2-5(8)9/h3-9,12,21,26,32H,10-11,13-16H2,1-2H3;4H,2H2,1H3,(H,8,9)(H,10,11)/t21-,26+,27+,28-;/m1./s1. The van der Waals surface area contributed by atoms with Crippen LogP contribution in [0.3, 0.4) is 0 Å². The molecule has 0 saturated carbocycles. The predicted octanol–water partition coefficient (Wildman–Crippen LogP) is 2.38. The molecule has 0 aromatic heterocycles. The molecule has 2 aromatic rings. The van der Waals surface area contributed by atoms with Gasteiger partial charge in [0.2, 0.25) is 6.10 Å². The van der Waals surface area contributed by atoms with Crippen molar-refractivity contribution in [2.24, 2.45) is 0 Å². The van der Waals surface area contributed by atoms with Gasteiger partial charge in [0.1, 0.15) is 11.5 Å². The smallest absolute Gasteiger partial charge is 0.345 e. The number of benzene rings is 2. The summed E-state index contributed by atoms with van der Waals surface area (Å²) in [5.74, 6) is -2.62. The van der Waals surface area contributed by atoms with E-state index in [0.29, 0.717) is 42.3 Å². The van der Waals surface area contributed by atoms with Gasteiger partial charge in [0.15, 0.2) is 17.6 Å². The number of rotatable bonds is 10. The Bertz CT molecular complexity index is 1620. The zero-order valence-corrected chi connectivity index (χ0v) is 26.7. The molecular formula is C34H37NO13. The summed E-state index contributed by atoms with van der Waals surface area (Å²) in [6.07, 6.45) is 0.283. The topological polar surface area (TPSA) is 195 Å². The molecule has 4 aliphatic rings. The van der Waals surface area contributed by atoms with E-state index in [1.807, 2.05) is 19.2 Å². The summed E-state index contributed by atoms with van der Waals surface area (Å²) in [6, 6.07) is 12.6. The van der Waals surface area contributed by atoms with E-state index in [-0.39, 0.29) is 18.9 Å². The van der Waals surface area contributed by atoms with Crippen molar-refractivity contribution < 1.29 is 63.0 Å². The van der Waals surface area contributed by atoms with Gasteiger partial charge in [0.25, 0.3) is 0 Å². The number of para-hydroxylation sites is 1. The second-order valence-corrected chi connectivity index (χ2v) is 12.1. The number of carboxylic acid groups (broad SMARTS) is 2. The maximum absolute atomic E-state index is 12.8. The molecule has 1 fully saturated rings. The highest BCUT2D eigenvalue weighted by molar-refractivity contribution is 5.82. The van der Waals surface area contributed by atoms with Crippen LogP contribution in [0.5, 0.6) is 17.2 Å². The van der Waals surface area contributed by atoms with Crippen molar-refractivity contribution in [3.05, 3.63) is 65.4 Å². The Morgan fingerprint density at radius 1 is 1.02 bits per heavy atom. The van der Waals surface area contributed by atoms with Crippen LogP contribution in [-0.2, 0) is 45.3 Å². The van der Waals surface area contributed by atoms with Gasteiger partial charge in [-0.3, -0.25) is 19.2 Å². The third-order valence-corrected chi connectivity index (χ3v) is 9.24. The Balaban J connectivity index is 0.000000323. The van der Waals surface area contributed by atoms with Crippen LogP contribution in [0.15, 0.2) is 54.3 Å². The van der Waals surface area contributed by atoms with Crippen LogP contribution in [0, 0.1) is 0 Å². The average Bonchev–Trinajstić information content (AvgIpc) is 3.39. The van der Waals surface area contributed by atoms with Crippen molar-refractivity contribution >= 4 is 29.8 Å². The van der Waals surface area contributed by atoms with Gasteiger partial charge in [-0.1, -0.05) is 24.3 Å². The zero-order chi connectivity index (χ0) is 34.8. The summed E-state index contributed by atoms with van der Waals surface area (Å²) in [5, 5.41) is 28.7. The van der Waals surface area contributed by atoms with E-state index in [1.165, 1.54) is 0 Å². The predicted molar refractivity (Wildman–Crippen MR) is 164 cm³/mol. The van der Waals surface area contributed by atoms with Crippen LogP contribution in [0.1, 0.15) is 50.2 Å². The molecule has 1 saturated heterocycles. The monoisotopic (exact) mass is 667 g/mol. The van der Waals surface area contributed by atoms with Crippen LogP contribution in [0.2, 0.25) is 0 Å². The third-order valence-electron chi connectivity index (χ3n) is 9.24. The first-order valence-corrected chi connectivity index (χ1v) is 15.4. The van der Waals surface area contributed by atoms with Gasteiger partial charge < -0.3 is 43.9 Å². The number of esters is 3. The number of ether oxygens (including phenoxy) is 5. The Morgan fingerprint density at radius 3 is 2.33 bits per heavy atom. The van der Waals surface area contributed by atoms with Crippen LogP contribution in [-0.4, -0.2) is 94.6 Å². The summed E-state index contributed by atoms with van der Waals surface area (Å²) < 4.78 is 27.4. The van der Waals surface area contributed by atoms with Crippen molar-refractivity contribution in [1.29, 1.82) is 0 Å². The molecule has 14 nitrogen and oxygen atoms in total. The number of piperidine rings is 1. The lowest BCUT2D eigenvalue weighted by Gasteiger charge is -2.61. The highest BCUT2D eigenvalue weighted by Crippen LogP contribution is 2.65. The third kappa shape index (κ3) is 6.32. The minimum absolute atomic E-state index is 0.0783. The number of aliphatic hydroxyl groups is 1. The number of hydrogen-bond donors (Lipinski definition) is 3. The van der Waals surface area contributed by atoms with Gasteiger partial charge in [-0.2, -0.15) is 0 Å². The number of likely N-dealkylation sites (N-methyl/N-ethyl adjacent to an activating group) is 1. The SMILES string of the molecule is CC(=O)OC(CC(=O)O)C(=O)O.COc1ccc2c3c1O[C@H]1C(OC(=O)CCC(=O)Oc4ccccc4)=CC[C@@]4(O)[C@@H](C2)N(C)CC[C@]314. The fourth-order valence-electron chi connectivity index (χ4n) is 7.18. The summed E-state index contributed by atoms with van der Waals surface area (Å²) >= 11 is 0. The van der Waals surface area contributed by atoms with Crippen molar-refractivity contribution in [3.8, 4) is 17.2 Å². The number of methoxy groups -OCH3 is 1. The van der Waals surface area contributed by atoms with Gasteiger partial charge >= 0.3 is 29.8 Å².